The zero-order chi connectivity index (χ0) is 14.0. The van der Waals surface area contributed by atoms with Crippen LogP contribution in [0, 0.1) is 5.41 Å². The molecular formula is C15H21ClN2S. The first kappa shape index (κ1) is 14.6. The van der Waals surface area contributed by atoms with Gasteiger partial charge in [0.15, 0.2) is 0 Å². The van der Waals surface area contributed by atoms with E-state index in [1.807, 2.05) is 18.2 Å². The van der Waals surface area contributed by atoms with Gasteiger partial charge in [0.2, 0.25) is 0 Å². The van der Waals surface area contributed by atoms with Gasteiger partial charge in [0, 0.05) is 29.4 Å². The van der Waals surface area contributed by atoms with Crippen LogP contribution in [0.15, 0.2) is 18.2 Å². The van der Waals surface area contributed by atoms with Crippen LogP contribution < -0.4 is 10.6 Å². The number of hydrogen-bond donors (Lipinski definition) is 1. The Kier molecular flexibility index (Phi) is 4.36. The molecule has 1 heterocycles. The fourth-order valence-electron chi connectivity index (χ4n) is 2.64. The van der Waals surface area contributed by atoms with E-state index < -0.39 is 0 Å². The third-order valence-corrected chi connectivity index (χ3v) is 4.36. The number of benzene rings is 1. The average Bonchev–Trinajstić information content (AvgIpc) is 2.49. The lowest BCUT2D eigenvalue weighted by Crippen LogP contribution is -2.27. The smallest absolute Gasteiger partial charge is 0.106 e. The minimum atomic E-state index is 0.413. The van der Waals surface area contributed by atoms with E-state index in [0.29, 0.717) is 10.4 Å². The number of rotatable bonds is 2. The van der Waals surface area contributed by atoms with Gasteiger partial charge in [0.1, 0.15) is 4.99 Å². The highest BCUT2D eigenvalue weighted by Crippen LogP contribution is 2.33. The zero-order valence-corrected chi connectivity index (χ0v) is 13.2. The van der Waals surface area contributed by atoms with Crippen molar-refractivity contribution in [3.8, 4) is 0 Å². The molecule has 0 unspecified atom stereocenters. The Labute approximate surface area is 125 Å². The topological polar surface area (TPSA) is 29.3 Å². The summed E-state index contributed by atoms with van der Waals surface area (Å²) in [7, 11) is 0. The molecular weight excluding hydrogens is 276 g/mol. The Balaban J connectivity index is 2.30. The van der Waals surface area contributed by atoms with Gasteiger partial charge in [0.05, 0.1) is 0 Å². The molecule has 1 aromatic carbocycles. The molecule has 0 saturated carbocycles. The molecule has 1 aliphatic rings. The van der Waals surface area contributed by atoms with Gasteiger partial charge < -0.3 is 10.6 Å². The second-order valence-corrected chi connectivity index (χ2v) is 6.91. The summed E-state index contributed by atoms with van der Waals surface area (Å²) in [5.41, 5.74) is 8.25. The van der Waals surface area contributed by atoms with Crippen molar-refractivity contribution >= 4 is 34.5 Å². The lowest BCUT2D eigenvalue weighted by Gasteiger charge is -2.26. The number of nitrogens with zero attached hydrogens (tertiary/aromatic N) is 1. The summed E-state index contributed by atoms with van der Waals surface area (Å²) in [6.45, 7) is 6.74. The van der Waals surface area contributed by atoms with E-state index >= 15 is 0 Å². The van der Waals surface area contributed by atoms with Crippen LogP contribution in [0.4, 0.5) is 5.69 Å². The van der Waals surface area contributed by atoms with Crippen LogP contribution in [0.25, 0.3) is 0 Å². The largest absolute Gasteiger partial charge is 0.389 e. The van der Waals surface area contributed by atoms with Crippen molar-refractivity contribution in [2.24, 2.45) is 11.1 Å². The molecule has 0 aromatic heterocycles. The van der Waals surface area contributed by atoms with Gasteiger partial charge in [-0.3, -0.25) is 0 Å². The molecule has 0 amide bonds. The molecule has 1 fully saturated rings. The average molecular weight is 297 g/mol. The van der Waals surface area contributed by atoms with E-state index in [1.165, 1.54) is 19.3 Å². The van der Waals surface area contributed by atoms with Crippen molar-refractivity contribution in [2.75, 3.05) is 18.0 Å². The summed E-state index contributed by atoms with van der Waals surface area (Å²) in [6.07, 6.45) is 3.62. The predicted octanol–water partition coefficient (Wildman–Crippen LogP) is 3.99. The highest BCUT2D eigenvalue weighted by Gasteiger charge is 2.24. The Morgan fingerprint density at radius 2 is 2.05 bits per heavy atom. The van der Waals surface area contributed by atoms with E-state index in [4.69, 9.17) is 29.6 Å². The Morgan fingerprint density at radius 3 is 2.74 bits per heavy atom. The molecule has 2 rings (SSSR count). The van der Waals surface area contributed by atoms with Crippen LogP contribution >= 0.6 is 23.8 Å². The second kappa shape index (κ2) is 5.68. The van der Waals surface area contributed by atoms with Gasteiger partial charge in [-0.15, -0.1) is 0 Å². The molecule has 0 radical (unpaired) electrons. The molecule has 0 aliphatic carbocycles. The quantitative estimate of drug-likeness (QED) is 0.837. The monoisotopic (exact) mass is 296 g/mol. The molecule has 4 heteroatoms. The maximum Gasteiger partial charge on any atom is 0.106 e. The summed E-state index contributed by atoms with van der Waals surface area (Å²) >= 11 is 11.3. The predicted molar refractivity (Wildman–Crippen MR) is 87.2 cm³/mol. The molecule has 2 N–H and O–H groups in total. The molecule has 0 spiro atoms. The van der Waals surface area contributed by atoms with Crippen LogP contribution in [0.3, 0.4) is 0 Å². The Bertz CT molecular complexity index is 485. The first-order valence-electron chi connectivity index (χ1n) is 6.73. The summed E-state index contributed by atoms with van der Waals surface area (Å²) in [4.78, 5) is 2.81. The van der Waals surface area contributed by atoms with Crippen molar-refractivity contribution in [1.82, 2.24) is 0 Å². The van der Waals surface area contributed by atoms with E-state index in [1.54, 1.807) is 0 Å². The zero-order valence-electron chi connectivity index (χ0n) is 11.6. The highest BCUT2D eigenvalue weighted by atomic mass is 35.5. The molecule has 1 saturated heterocycles. The van der Waals surface area contributed by atoms with Gasteiger partial charge in [-0.25, -0.2) is 0 Å². The molecule has 0 atom stereocenters. The fraction of sp³-hybridized carbons (Fsp3) is 0.533. The van der Waals surface area contributed by atoms with Gasteiger partial charge in [0.25, 0.3) is 0 Å². The maximum absolute atomic E-state index is 6.13. The Morgan fingerprint density at radius 1 is 1.32 bits per heavy atom. The van der Waals surface area contributed by atoms with Crippen molar-refractivity contribution in [2.45, 2.75) is 33.1 Å². The number of halogens is 1. The molecule has 1 aromatic rings. The second-order valence-electron chi connectivity index (χ2n) is 6.03. The van der Waals surface area contributed by atoms with Crippen LogP contribution in [-0.4, -0.2) is 18.1 Å². The molecule has 1 aliphatic heterocycles. The van der Waals surface area contributed by atoms with Crippen molar-refractivity contribution in [3.63, 3.8) is 0 Å². The van der Waals surface area contributed by atoms with Crippen LogP contribution in [0.2, 0.25) is 5.02 Å². The van der Waals surface area contributed by atoms with E-state index in [0.717, 1.165) is 29.4 Å². The molecule has 0 bridgehead atoms. The van der Waals surface area contributed by atoms with Gasteiger partial charge in [-0.2, -0.15) is 0 Å². The molecule has 2 nitrogen and oxygen atoms in total. The van der Waals surface area contributed by atoms with Crippen LogP contribution in [0.1, 0.15) is 38.7 Å². The highest BCUT2D eigenvalue weighted by molar-refractivity contribution is 7.80. The summed E-state index contributed by atoms with van der Waals surface area (Å²) in [5, 5.41) is 0.735. The normalized spacial score (nSPS) is 19.0. The third-order valence-electron chi connectivity index (χ3n) is 3.91. The first-order valence-corrected chi connectivity index (χ1v) is 7.52. The summed E-state index contributed by atoms with van der Waals surface area (Å²) < 4.78 is 0. The lowest BCUT2D eigenvalue weighted by atomic mass is 9.85. The number of thiocarbonyl (C=S) groups is 1. The van der Waals surface area contributed by atoms with Gasteiger partial charge in [-0.1, -0.05) is 37.7 Å². The van der Waals surface area contributed by atoms with Crippen molar-refractivity contribution < 1.29 is 0 Å². The standard InChI is InChI=1S/C15H21ClN2S/c1-15(2)6-3-8-18(9-7-15)13-10-11(16)4-5-12(13)14(17)19/h4-5,10H,3,6-9H2,1-2H3,(H2,17,19). The number of hydrogen-bond acceptors (Lipinski definition) is 2. The van der Waals surface area contributed by atoms with Gasteiger partial charge >= 0.3 is 0 Å². The van der Waals surface area contributed by atoms with E-state index in [9.17, 15) is 0 Å². The number of anilines is 1. The van der Waals surface area contributed by atoms with Crippen molar-refractivity contribution in [3.05, 3.63) is 28.8 Å². The fourth-order valence-corrected chi connectivity index (χ4v) is 2.98. The summed E-state index contributed by atoms with van der Waals surface area (Å²) in [5.74, 6) is 0. The van der Waals surface area contributed by atoms with Crippen molar-refractivity contribution in [1.29, 1.82) is 0 Å². The van der Waals surface area contributed by atoms with Gasteiger partial charge in [-0.05, 0) is 42.9 Å². The minimum absolute atomic E-state index is 0.413. The third kappa shape index (κ3) is 3.61. The number of nitrogens with two attached hydrogens (primary N) is 1. The molecule has 19 heavy (non-hydrogen) atoms. The SMILES string of the molecule is CC1(C)CCCN(c2cc(Cl)ccc2C(N)=S)CC1. The summed E-state index contributed by atoms with van der Waals surface area (Å²) in [6, 6.07) is 5.76. The first-order chi connectivity index (χ1) is 8.89. The van der Waals surface area contributed by atoms with Crippen LogP contribution in [-0.2, 0) is 0 Å². The lowest BCUT2D eigenvalue weighted by molar-refractivity contribution is 0.325. The molecule has 104 valence electrons. The maximum atomic E-state index is 6.13. The minimum Gasteiger partial charge on any atom is -0.389 e. The van der Waals surface area contributed by atoms with E-state index in [-0.39, 0.29) is 0 Å². The van der Waals surface area contributed by atoms with E-state index in [2.05, 4.69) is 18.7 Å². The Hall–Kier alpha value is -0.800. The van der Waals surface area contributed by atoms with Crippen LogP contribution in [0.5, 0.6) is 0 Å².